The summed E-state index contributed by atoms with van der Waals surface area (Å²) < 4.78 is 27.5. The van der Waals surface area contributed by atoms with Crippen molar-refractivity contribution >= 4 is 22.6 Å². The van der Waals surface area contributed by atoms with Gasteiger partial charge in [-0.25, -0.2) is 8.78 Å². The normalized spacial score (nSPS) is 16.6. The van der Waals surface area contributed by atoms with Gasteiger partial charge in [-0.15, -0.1) is 0 Å². The molecule has 0 aliphatic carbocycles. The number of likely N-dealkylation sites (tertiary alicyclic amines) is 1. The van der Waals surface area contributed by atoms with Crippen molar-refractivity contribution in [2.45, 2.75) is 24.8 Å². The monoisotopic (exact) mass is 444 g/mol. The number of nitrogens with zero attached hydrogens (tertiary/aromatic N) is 3. The molecule has 1 aromatic heterocycles. The number of amides is 2. The van der Waals surface area contributed by atoms with Crippen LogP contribution in [-0.4, -0.2) is 40.2 Å². The highest BCUT2D eigenvalue weighted by atomic mass is 19.3. The maximum absolute atomic E-state index is 13.8. The summed E-state index contributed by atoms with van der Waals surface area (Å²) in [7, 11) is 0. The van der Waals surface area contributed by atoms with Gasteiger partial charge in [-0.3, -0.25) is 14.6 Å². The maximum Gasteiger partial charge on any atom is 0.268 e. The molecule has 3 aromatic rings. The molecule has 2 N–H and O–H groups in total. The molecule has 1 atom stereocenters. The second kappa shape index (κ2) is 8.68. The Hall–Kier alpha value is -4.30. The number of primary amides is 1. The largest absolute Gasteiger partial charge is 0.366 e. The summed E-state index contributed by atoms with van der Waals surface area (Å²) in [5.74, 6) is 1.28. The second-order valence-corrected chi connectivity index (χ2v) is 7.76. The van der Waals surface area contributed by atoms with Gasteiger partial charge >= 0.3 is 0 Å². The third-order valence-electron chi connectivity index (χ3n) is 5.43. The molecular formula is C25H18F2N4O2. The molecule has 33 heavy (non-hydrogen) atoms. The molecule has 2 aromatic carbocycles. The Morgan fingerprint density at radius 3 is 2.64 bits per heavy atom. The number of aromatic nitrogens is 1. The summed E-state index contributed by atoms with van der Waals surface area (Å²) in [4.78, 5) is 29.7. The number of halogens is 2. The van der Waals surface area contributed by atoms with Gasteiger partial charge in [-0.1, -0.05) is 42.2 Å². The molecule has 0 unspecified atom stereocenters. The quantitative estimate of drug-likeness (QED) is 0.628. The summed E-state index contributed by atoms with van der Waals surface area (Å²) in [6, 6.07) is 15.3. The predicted octanol–water partition coefficient (Wildman–Crippen LogP) is 3.04. The zero-order valence-electron chi connectivity index (χ0n) is 17.4. The Morgan fingerprint density at radius 2 is 1.91 bits per heavy atom. The fourth-order valence-corrected chi connectivity index (χ4v) is 3.82. The first-order chi connectivity index (χ1) is 15.8. The molecule has 1 fully saturated rings. The highest BCUT2D eigenvalue weighted by molar-refractivity contribution is 5.96. The van der Waals surface area contributed by atoms with Crippen LogP contribution in [0.4, 0.5) is 8.78 Å². The van der Waals surface area contributed by atoms with Gasteiger partial charge < -0.3 is 10.6 Å². The Balaban J connectivity index is 1.69. The zero-order chi connectivity index (χ0) is 23.6. The lowest BCUT2D eigenvalue weighted by atomic mass is 10.0. The van der Waals surface area contributed by atoms with E-state index in [4.69, 9.17) is 11.0 Å². The zero-order valence-corrected chi connectivity index (χ0v) is 17.4. The summed E-state index contributed by atoms with van der Waals surface area (Å²) in [6.45, 7) is -0.836. The molecule has 2 amide bonds. The van der Waals surface area contributed by atoms with Crippen molar-refractivity contribution in [1.82, 2.24) is 9.88 Å². The summed E-state index contributed by atoms with van der Waals surface area (Å²) in [6.07, 6.45) is 0.208. The predicted molar refractivity (Wildman–Crippen MR) is 117 cm³/mol. The number of carbonyl (C=O) groups is 2. The van der Waals surface area contributed by atoms with Crippen molar-refractivity contribution in [1.29, 1.82) is 5.26 Å². The van der Waals surface area contributed by atoms with E-state index in [2.05, 4.69) is 16.8 Å². The summed E-state index contributed by atoms with van der Waals surface area (Å²) in [5, 5.41) is 11.2. The van der Waals surface area contributed by atoms with Crippen molar-refractivity contribution in [3.05, 3.63) is 77.1 Å². The van der Waals surface area contributed by atoms with Gasteiger partial charge in [-0.2, -0.15) is 5.26 Å². The molecule has 6 nitrogen and oxygen atoms in total. The van der Waals surface area contributed by atoms with Crippen molar-refractivity contribution < 1.29 is 18.4 Å². The Morgan fingerprint density at radius 1 is 1.15 bits per heavy atom. The van der Waals surface area contributed by atoms with Crippen molar-refractivity contribution in [3.8, 4) is 17.9 Å². The lowest BCUT2D eigenvalue weighted by Crippen LogP contribution is -2.37. The highest BCUT2D eigenvalue weighted by Crippen LogP contribution is 2.32. The SMILES string of the molecule is N#C[C@@H]1CC(F)(F)CN1C(=O)Cc1nccc(C(N)=O)c1C#Cc1ccc2ccccc2c1. The smallest absolute Gasteiger partial charge is 0.268 e. The molecule has 2 heterocycles. The van der Waals surface area contributed by atoms with E-state index in [1.165, 1.54) is 12.3 Å². The number of rotatable bonds is 3. The van der Waals surface area contributed by atoms with E-state index in [0.717, 1.165) is 15.7 Å². The summed E-state index contributed by atoms with van der Waals surface area (Å²) in [5.41, 5.74) is 6.53. The second-order valence-electron chi connectivity index (χ2n) is 7.76. The minimum Gasteiger partial charge on any atom is -0.366 e. The number of alkyl halides is 2. The molecule has 1 aliphatic rings. The molecular weight excluding hydrogens is 426 g/mol. The van der Waals surface area contributed by atoms with Gasteiger partial charge in [0.15, 0.2) is 0 Å². The van der Waals surface area contributed by atoms with Gasteiger partial charge in [0.1, 0.15) is 6.04 Å². The third kappa shape index (κ3) is 4.65. The van der Waals surface area contributed by atoms with Gasteiger partial charge in [0.25, 0.3) is 5.92 Å². The van der Waals surface area contributed by atoms with Gasteiger partial charge in [0.2, 0.25) is 11.8 Å². The molecule has 8 heteroatoms. The van der Waals surface area contributed by atoms with Crippen molar-refractivity contribution in [2.24, 2.45) is 5.73 Å². The lowest BCUT2D eigenvalue weighted by molar-refractivity contribution is -0.131. The van der Waals surface area contributed by atoms with E-state index in [9.17, 15) is 18.4 Å². The molecule has 0 saturated carbocycles. The number of hydrogen-bond donors (Lipinski definition) is 1. The number of pyridine rings is 1. The van der Waals surface area contributed by atoms with E-state index in [1.807, 2.05) is 42.5 Å². The van der Waals surface area contributed by atoms with Crippen LogP contribution in [0.2, 0.25) is 0 Å². The van der Waals surface area contributed by atoms with Crippen LogP contribution in [0.3, 0.4) is 0 Å². The first-order valence-electron chi connectivity index (χ1n) is 10.1. The van der Waals surface area contributed by atoms with Crippen LogP contribution in [0, 0.1) is 23.2 Å². The van der Waals surface area contributed by atoms with E-state index >= 15 is 0 Å². The lowest BCUT2D eigenvalue weighted by Gasteiger charge is -2.19. The molecule has 1 aliphatic heterocycles. The highest BCUT2D eigenvalue weighted by Gasteiger charge is 2.47. The molecule has 1 saturated heterocycles. The maximum atomic E-state index is 13.8. The van der Waals surface area contributed by atoms with Crippen LogP contribution in [0.15, 0.2) is 54.7 Å². The molecule has 164 valence electrons. The Kier molecular flexibility index (Phi) is 5.76. The molecule has 0 bridgehead atoms. The minimum atomic E-state index is -3.13. The standard InChI is InChI=1S/C25H18F2N4O2/c26-25(27)13-19(14-28)31(15-25)23(32)12-22-20(21(24(29)33)9-10-30-22)8-6-16-5-7-17-3-1-2-4-18(17)11-16/h1-5,7,9-11,19H,12-13,15H2,(H2,29,33)/t19-/m0/s1. The summed E-state index contributed by atoms with van der Waals surface area (Å²) >= 11 is 0. The number of nitrogens with two attached hydrogens (primary N) is 1. The topological polar surface area (TPSA) is 100 Å². The number of carbonyl (C=O) groups excluding carboxylic acids is 2. The molecule has 0 spiro atoms. The Bertz CT molecular complexity index is 1370. The minimum absolute atomic E-state index is 0.0738. The van der Waals surface area contributed by atoms with Crippen LogP contribution in [-0.2, 0) is 11.2 Å². The van der Waals surface area contributed by atoms with E-state index in [1.54, 1.807) is 6.07 Å². The first-order valence-corrected chi connectivity index (χ1v) is 10.1. The number of nitriles is 1. The van der Waals surface area contributed by atoms with Gasteiger partial charge in [-0.05, 0) is 29.0 Å². The number of fused-ring (bicyclic) bond motifs is 1. The molecule has 4 rings (SSSR count). The van der Waals surface area contributed by atoms with Gasteiger partial charge in [0, 0.05) is 18.2 Å². The third-order valence-corrected chi connectivity index (χ3v) is 5.43. The fourth-order valence-electron chi connectivity index (χ4n) is 3.82. The van der Waals surface area contributed by atoms with Crippen LogP contribution in [0.1, 0.15) is 33.6 Å². The van der Waals surface area contributed by atoms with Crippen LogP contribution < -0.4 is 5.73 Å². The average molecular weight is 444 g/mol. The van der Waals surface area contributed by atoms with Crippen molar-refractivity contribution in [2.75, 3.05) is 6.54 Å². The van der Waals surface area contributed by atoms with Crippen LogP contribution >= 0.6 is 0 Å². The van der Waals surface area contributed by atoms with E-state index < -0.39 is 43.2 Å². The van der Waals surface area contributed by atoms with Gasteiger partial charge in [0.05, 0.1) is 35.9 Å². The fraction of sp³-hybridized carbons (Fsp3) is 0.200. The van der Waals surface area contributed by atoms with Crippen LogP contribution in [0.5, 0.6) is 0 Å². The Labute approximate surface area is 188 Å². The van der Waals surface area contributed by atoms with Crippen LogP contribution in [0.25, 0.3) is 10.8 Å². The van der Waals surface area contributed by atoms with E-state index in [0.29, 0.717) is 5.56 Å². The number of hydrogen-bond acceptors (Lipinski definition) is 4. The van der Waals surface area contributed by atoms with Crippen molar-refractivity contribution in [3.63, 3.8) is 0 Å². The molecule has 0 radical (unpaired) electrons. The van der Waals surface area contributed by atoms with E-state index in [-0.39, 0.29) is 16.8 Å². The first kappa shape index (κ1) is 21.9. The number of benzene rings is 2. The average Bonchev–Trinajstić information content (AvgIpc) is 3.12.